The van der Waals surface area contributed by atoms with Gasteiger partial charge in [-0.25, -0.2) is 0 Å². The molecule has 1 aliphatic carbocycles. The third-order valence-electron chi connectivity index (χ3n) is 2.97. The molecular weight excluding hydrogens is 327 g/mol. The van der Waals surface area contributed by atoms with Crippen molar-refractivity contribution in [3.63, 3.8) is 0 Å². The molecule has 0 amide bonds. The molecule has 17 heavy (non-hydrogen) atoms. The third kappa shape index (κ3) is 7.81. The molecule has 0 aromatic carbocycles. The first-order valence-corrected chi connectivity index (χ1v) is 6.55. The number of hydrogen-bond donors (Lipinski definition) is 2. The van der Waals surface area contributed by atoms with E-state index in [-0.39, 0.29) is 24.0 Å². The monoisotopic (exact) mass is 354 g/mol. The van der Waals surface area contributed by atoms with Crippen molar-refractivity contribution in [2.45, 2.75) is 45.6 Å². The standard InChI is InChI=1S/C12H26N4.HI/c1-3-5-8-14-12(13)15-9-10-16(4-2)11-6-7-11;/h11H,3-10H2,1-2H3,(H3,13,14,15);1H. The maximum atomic E-state index is 5.75. The van der Waals surface area contributed by atoms with Gasteiger partial charge in [0.05, 0.1) is 0 Å². The number of likely N-dealkylation sites (N-methyl/N-ethyl adjacent to an activating group) is 1. The third-order valence-corrected chi connectivity index (χ3v) is 2.97. The Morgan fingerprint density at radius 2 is 2.12 bits per heavy atom. The van der Waals surface area contributed by atoms with Crippen LogP contribution < -0.4 is 11.1 Å². The molecule has 0 bridgehead atoms. The molecule has 0 unspecified atom stereocenters. The van der Waals surface area contributed by atoms with E-state index in [1.165, 1.54) is 19.3 Å². The fraction of sp³-hybridized carbons (Fsp3) is 0.917. The fourth-order valence-electron chi connectivity index (χ4n) is 1.78. The first kappa shape index (κ1) is 17.0. The van der Waals surface area contributed by atoms with Crippen LogP contribution in [0.5, 0.6) is 0 Å². The molecule has 1 saturated carbocycles. The average molecular weight is 354 g/mol. The predicted octanol–water partition coefficient (Wildman–Crippen LogP) is 1.79. The van der Waals surface area contributed by atoms with Crippen LogP contribution in [0.25, 0.3) is 0 Å². The van der Waals surface area contributed by atoms with E-state index in [2.05, 4.69) is 29.1 Å². The summed E-state index contributed by atoms with van der Waals surface area (Å²) in [6.45, 7) is 8.34. The first-order chi connectivity index (χ1) is 7.77. The highest BCUT2D eigenvalue weighted by molar-refractivity contribution is 14.0. The van der Waals surface area contributed by atoms with Crippen molar-refractivity contribution < 1.29 is 0 Å². The number of nitrogens with zero attached hydrogens (tertiary/aromatic N) is 2. The highest BCUT2D eigenvalue weighted by atomic mass is 127. The van der Waals surface area contributed by atoms with Crippen LogP contribution in [0.3, 0.4) is 0 Å². The number of unbranched alkanes of at least 4 members (excludes halogenated alkanes) is 1. The smallest absolute Gasteiger partial charge is 0.188 e. The number of nitrogens with two attached hydrogens (primary N) is 1. The van der Waals surface area contributed by atoms with Crippen LogP contribution in [0.1, 0.15) is 39.5 Å². The summed E-state index contributed by atoms with van der Waals surface area (Å²) in [6, 6.07) is 0.838. The zero-order valence-corrected chi connectivity index (χ0v) is 13.4. The molecule has 0 saturated heterocycles. The summed E-state index contributed by atoms with van der Waals surface area (Å²) in [6.07, 6.45) is 5.02. The highest BCUT2D eigenvalue weighted by Crippen LogP contribution is 2.25. The molecule has 0 atom stereocenters. The summed E-state index contributed by atoms with van der Waals surface area (Å²) >= 11 is 0. The molecule has 0 aliphatic heterocycles. The average Bonchev–Trinajstić information content (AvgIpc) is 3.09. The van der Waals surface area contributed by atoms with Crippen LogP contribution in [-0.2, 0) is 0 Å². The van der Waals surface area contributed by atoms with Gasteiger partial charge in [-0.3, -0.25) is 9.89 Å². The summed E-state index contributed by atoms with van der Waals surface area (Å²) in [5, 5.41) is 3.18. The van der Waals surface area contributed by atoms with Gasteiger partial charge in [0.2, 0.25) is 0 Å². The minimum absolute atomic E-state index is 0. The largest absolute Gasteiger partial charge is 0.370 e. The Balaban J connectivity index is 0.00000256. The number of guanidine groups is 1. The Morgan fingerprint density at radius 3 is 2.65 bits per heavy atom. The van der Waals surface area contributed by atoms with Gasteiger partial charge in [0, 0.05) is 25.7 Å². The molecule has 1 aliphatic rings. The lowest BCUT2D eigenvalue weighted by Gasteiger charge is -2.19. The quantitative estimate of drug-likeness (QED) is 0.302. The van der Waals surface area contributed by atoms with Crippen LogP contribution in [0, 0.1) is 0 Å². The van der Waals surface area contributed by atoms with Crippen LogP contribution in [0.4, 0.5) is 0 Å². The van der Waals surface area contributed by atoms with Gasteiger partial charge in [0.25, 0.3) is 0 Å². The molecule has 3 N–H and O–H groups in total. The molecule has 4 nitrogen and oxygen atoms in total. The Labute approximate surface area is 122 Å². The zero-order valence-electron chi connectivity index (χ0n) is 11.1. The fourth-order valence-corrected chi connectivity index (χ4v) is 1.78. The van der Waals surface area contributed by atoms with E-state index in [4.69, 9.17) is 5.73 Å². The number of aliphatic imine (C=N–C) groups is 1. The molecular formula is C12H27IN4. The van der Waals surface area contributed by atoms with Crippen molar-refractivity contribution in [2.75, 3.05) is 26.2 Å². The molecule has 1 fully saturated rings. The lowest BCUT2D eigenvalue weighted by molar-refractivity contribution is 0.282. The van der Waals surface area contributed by atoms with Gasteiger partial charge >= 0.3 is 0 Å². The van der Waals surface area contributed by atoms with Crippen molar-refractivity contribution in [3.05, 3.63) is 0 Å². The Hall–Kier alpha value is -0.0400. The SMILES string of the molecule is CCCCN=C(N)NCCN(CC)C1CC1.I. The first-order valence-electron chi connectivity index (χ1n) is 6.55. The Kier molecular flexibility index (Phi) is 9.91. The van der Waals surface area contributed by atoms with E-state index in [1.807, 2.05) is 0 Å². The molecule has 0 aromatic rings. The van der Waals surface area contributed by atoms with Gasteiger partial charge in [-0.15, -0.1) is 24.0 Å². The Bertz CT molecular complexity index is 217. The van der Waals surface area contributed by atoms with Gasteiger partial charge in [0.1, 0.15) is 0 Å². The number of halogens is 1. The van der Waals surface area contributed by atoms with Gasteiger partial charge in [-0.1, -0.05) is 20.3 Å². The summed E-state index contributed by atoms with van der Waals surface area (Å²) < 4.78 is 0. The van der Waals surface area contributed by atoms with Crippen molar-refractivity contribution in [2.24, 2.45) is 10.7 Å². The van der Waals surface area contributed by atoms with Crippen molar-refractivity contribution >= 4 is 29.9 Å². The molecule has 5 heteroatoms. The van der Waals surface area contributed by atoms with Crippen LogP contribution in [-0.4, -0.2) is 43.1 Å². The predicted molar refractivity (Wildman–Crippen MR) is 85.1 cm³/mol. The maximum Gasteiger partial charge on any atom is 0.188 e. The second kappa shape index (κ2) is 9.94. The van der Waals surface area contributed by atoms with E-state index < -0.39 is 0 Å². The molecule has 102 valence electrons. The van der Waals surface area contributed by atoms with Crippen LogP contribution in [0.15, 0.2) is 4.99 Å². The molecule has 0 spiro atoms. The second-order valence-electron chi connectivity index (χ2n) is 4.41. The summed E-state index contributed by atoms with van der Waals surface area (Å²) in [5.74, 6) is 0.597. The summed E-state index contributed by atoms with van der Waals surface area (Å²) in [7, 11) is 0. The second-order valence-corrected chi connectivity index (χ2v) is 4.41. The summed E-state index contributed by atoms with van der Waals surface area (Å²) in [4.78, 5) is 6.77. The molecule has 1 rings (SSSR count). The zero-order chi connectivity index (χ0) is 11.8. The topological polar surface area (TPSA) is 53.6 Å². The van der Waals surface area contributed by atoms with Crippen molar-refractivity contribution in [1.29, 1.82) is 0 Å². The van der Waals surface area contributed by atoms with Gasteiger partial charge in [0.15, 0.2) is 5.96 Å². The minimum atomic E-state index is 0. The number of nitrogens with one attached hydrogen (secondary N) is 1. The molecule has 0 aromatic heterocycles. The van der Waals surface area contributed by atoms with Crippen molar-refractivity contribution in [1.82, 2.24) is 10.2 Å². The van der Waals surface area contributed by atoms with Crippen LogP contribution >= 0.6 is 24.0 Å². The summed E-state index contributed by atoms with van der Waals surface area (Å²) in [5.41, 5.74) is 5.75. The molecule has 0 heterocycles. The highest BCUT2D eigenvalue weighted by Gasteiger charge is 2.26. The lowest BCUT2D eigenvalue weighted by atomic mass is 10.3. The van der Waals surface area contributed by atoms with Gasteiger partial charge in [-0.2, -0.15) is 0 Å². The minimum Gasteiger partial charge on any atom is -0.370 e. The number of hydrogen-bond acceptors (Lipinski definition) is 2. The Morgan fingerprint density at radius 1 is 1.41 bits per heavy atom. The van der Waals surface area contributed by atoms with Gasteiger partial charge < -0.3 is 11.1 Å². The van der Waals surface area contributed by atoms with Crippen molar-refractivity contribution in [3.8, 4) is 0 Å². The maximum absolute atomic E-state index is 5.75. The van der Waals surface area contributed by atoms with E-state index in [0.717, 1.165) is 38.6 Å². The van der Waals surface area contributed by atoms with E-state index in [9.17, 15) is 0 Å². The van der Waals surface area contributed by atoms with E-state index in [0.29, 0.717) is 5.96 Å². The van der Waals surface area contributed by atoms with Crippen LogP contribution in [0.2, 0.25) is 0 Å². The normalized spacial score (nSPS) is 15.8. The van der Waals surface area contributed by atoms with E-state index >= 15 is 0 Å². The van der Waals surface area contributed by atoms with E-state index in [1.54, 1.807) is 0 Å². The number of rotatable bonds is 8. The molecule has 0 radical (unpaired) electrons. The van der Waals surface area contributed by atoms with Gasteiger partial charge in [-0.05, 0) is 25.8 Å². The lowest BCUT2D eigenvalue weighted by Crippen LogP contribution is -2.39.